The van der Waals surface area contributed by atoms with Crippen molar-refractivity contribution < 1.29 is 9.84 Å². The Kier molecular flexibility index (Phi) is 4.12. The number of pyridine rings is 1. The molecule has 90 valence electrons. The Hall–Kier alpha value is -1.29. The molecule has 0 amide bonds. The van der Waals surface area contributed by atoms with Crippen molar-refractivity contribution in [2.45, 2.75) is 26.4 Å². The Balaban J connectivity index is 2.79. The van der Waals surface area contributed by atoms with Gasteiger partial charge >= 0.3 is 0 Å². The average Bonchev–Trinajstić information content (AvgIpc) is 2.25. The maximum atomic E-state index is 9.79. The van der Waals surface area contributed by atoms with E-state index >= 15 is 0 Å². The lowest BCUT2D eigenvalue weighted by molar-refractivity contribution is 0.0874. The number of nitrogens with zero attached hydrogens (tertiary/aromatic N) is 2. The van der Waals surface area contributed by atoms with Crippen LogP contribution in [-0.4, -0.2) is 35.9 Å². The SMILES string of the molecule is CCN(CC(C)(C)O)c1ccc(OC)cn1. The molecule has 0 aliphatic carbocycles. The molecule has 1 aromatic heterocycles. The number of hydrogen-bond donors (Lipinski definition) is 1. The van der Waals surface area contributed by atoms with Gasteiger partial charge < -0.3 is 14.7 Å². The first kappa shape index (κ1) is 12.8. The van der Waals surface area contributed by atoms with Crippen LogP contribution in [0.4, 0.5) is 5.82 Å². The molecule has 0 bridgehead atoms. The number of aromatic nitrogens is 1. The number of aliphatic hydroxyl groups is 1. The highest BCUT2D eigenvalue weighted by molar-refractivity contribution is 5.41. The van der Waals surface area contributed by atoms with Gasteiger partial charge in [0.2, 0.25) is 0 Å². The Morgan fingerprint density at radius 3 is 2.50 bits per heavy atom. The first-order valence-electron chi connectivity index (χ1n) is 5.43. The molecule has 0 fully saturated rings. The minimum absolute atomic E-state index is 0.558. The fourth-order valence-corrected chi connectivity index (χ4v) is 1.50. The molecule has 1 N–H and O–H groups in total. The molecule has 0 aliphatic heterocycles. The van der Waals surface area contributed by atoms with Crippen molar-refractivity contribution in [2.75, 3.05) is 25.1 Å². The van der Waals surface area contributed by atoms with Gasteiger partial charge in [-0.05, 0) is 32.9 Å². The minimum atomic E-state index is -0.725. The van der Waals surface area contributed by atoms with Crippen molar-refractivity contribution >= 4 is 5.82 Å². The summed E-state index contributed by atoms with van der Waals surface area (Å²) >= 11 is 0. The predicted octanol–water partition coefficient (Wildman–Crippen LogP) is 1.69. The summed E-state index contributed by atoms with van der Waals surface area (Å²) in [6.07, 6.45) is 1.68. The van der Waals surface area contributed by atoms with Crippen molar-refractivity contribution in [3.05, 3.63) is 18.3 Å². The molecule has 0 radical (unpaired) electrons. The Labute approximate surface area is 96.9 Å². The molecular weight excluding hydrogens is 204 g/mol. The first-order valence-corrected chi connectivity index (χ1v) is 5.43. The highest BCUT2D eigenvalue weighted by Gasteiger charge is 2.18. The summed E-state index contributed by atoms with van der Waals surface area (Å²) in [5.74, 6) is 1.59. The lowest BCUT2D eigenvalue weighted by Gasteiger charge is -2.28. The molecule has 16 heavy (non-hydrogen) atoms. The lowest BCUT2D eigenvalue weighted by Crippen LogP contribution is -2.39. The highest BCUT2D eigenvalue weighted by Crippen LogP contribution is 2.17. The monoisotopic (exact) mass is 224 g/mol. The van der Waals surface area contributed by atoms with E-state index in [4.69, 9.17) is 4.74 Å². The van der Waals surface area contributed by atoms with Crippen LogP contribution in [0.25, 0.3) is 0 Å². The molecule has 4 heteroatoms. The van der Waals surface area contributed by atoms with Crippen LogP contribution >= 0.6 is 0 Å². The largest absolute Gasteiger partial charge is 0.495 e. The van der Waals surface area contributed by atoms with Crippen LogP contribution < -0.4 is 9.64 Å². The number of likely N-dealkylation sites (N-methyl/N-ethyl adjacent to an activating group) is 1. The fraction of sp³-hybridized carbons (Fsp3) is 0.583. The van der Waals surface area contributed by atoms with Crippen molar-refractivity contribution in [3.8, 4) is 5.75 Å². The molecule has 0 saturated heterocycles. The average molecular weight is 224 g/mol. The molecule has 0 saturated carbocycles. The molecule has 1 aromatic rings. The van der Waals surface area contributed by atoms with E-state index in [1.54, 1.807) is 27.2 Å². The summed E-state index contributed by atoms with van der Waals surface area (Å²) in [5, 5.41) is 9.79. The summed E-state index contributed by atoms with van der Waals surface area (Å²) in [6.45, 7) is 6.99. The molecule has 0 aromatic carbocycles. The number of rotatable bonds is 5. The third kappa shape index (κ3) is 3.70. The van der Waals surface area contributed by atoms with Gasteiger partial charge in [-0.2, -0.15) is 0 Å². The van der Waals surface area contributed by atoms with Crippen molar-refractivity contribution in [1.82, 2.24) is 4.98 Å². The third-order valence-corrected chi connectivity index (χ3v) is 2.24. The van der Waals surface area contributed by atoms with Crippen LogP contribution in [0.2, 0.25) is 0 Å². The molecular formula is C12H20N2O2. The second-order valence-corrected chi connectivity index (χ2v) is 4.38. The van der Waals surface area contributed by atoms with E-state index in [0.717, 1.165) is 18.1 Å². The van der Waals surface area contributed by atoms with Crippen LogP contribution in [0, 0.1) is 0 Å². The molecule has 0 unspecified atom stereocenters. The molecule has 1 rings (SSSR count). The van der Waals surface area contributed by atoms with E-state index in [0.29, 0.717) is 6.54 Å². The highest BCUT2D eigenvalue weighted by atomic mass is 16.5. The lowest BCUT2D eigenvalue weighted by atomic mass is 10.1. The maximum Gasteiger partial charge on any atom is 0.137 e. The van der Waals surface area contributed by atoms with Crippen LogP contribution in [-0.2, 0) is 0 Å². The molecule has 0 atom stereocenters. The maximum absolute atomic E-state index is 9.79. The van der Waals surface area contributed by atoms with Crippen molar-refractivity contribution in [2.24, 2.45) is 0 Å². The Morgan fingerprint density at radius 2 is 2.12 bits per heavy atom. The van der Waals surface area contributed by atoms with Crippen LogP contribution in [0.3, 0.4) is 0 Å². The summed E-state index contributed by atoms with van der Waals surface area (Å²) in [5.41, 5.74) is -0.725. The third-order valence-electron chi connectivity index (χ3n) is 2.24. The van der Waals surface area contributed by atoms with Gasteiger partial charge in [0, 0.05) is 13.1 Å². The number of methoxy groups -OCH3 is 1. The second-order valence-electron chi connectivity index (χ2n) is 4.38. The van der Waals surface area contributed by atoms with Gasteiger partial charge in [0.25, 0.3) is 0 Å². The van der Waals surface area contributed by atoms with E-state index in [-0.39, 0.29) is 0 Å². The summed E-state index contributed by atoms with van der Waals surface area (Å²) < 4.78 is 5.05. The Bertz CT molecular complexity index is 317. The van der Waals surface area contributed by atoms with Gasteiger partial charge in [0.15, 0.2) is 0 Å². The molecule has 4 nitrogen and oxygen atoms in total. The number of ether oxygens (including phenoxy) is 1. The van der Waals surface area contributed by atoms with E-state index in [1.165, 1.54) is 0 Å². The predicted molar refractivity (Wildman–Crippen MR) is 65.0 cm³/mol. The van der Waals surface area contributed by atoms with Crippen LogP contribution in [0.5, 0.6) is 5.75 Å². The topological polar surface area (TPSA) is 45.6 Å². The first-order chi connectivity index (χ1) is 7.46. The van der Waals surface area contributed by atoms with E-state index in [2.05, 4.69) is 4.98 Å². The smallest absolute Gasteiger partial charge is 0.137 e. The van der Waals surface area contributed by atoms with E-state index < -0.39 is 5.60 Å². The summed E-state index contributed by atoms with van der Waals surface area (Å²) in [7, 11) is 1.62. The fourth-order valence-electron chi connectivity index (χ4n) is 1.50. The van der Waals surface area contributed by atoms with E-state index in [9.17, 15) is 5.11 Å². The zero-order valence-corrected chi connectivity index (χ0v) is 10.4. The molecule has 1 heterocycles. The molecule has 0 aliphatic rings. The minimum Gasteiger partial charge on any atom is -0.495 e. The zero-order chi connectivity index (χ0) is 12.2. The number of anilines is 1. The quantitative estimate of drug-likeness (QED) is 0.826. The van der Waals surface area contributed by atoms with Gasteiger partial charge in [-0.3, -0.25) is 0 Å². The second kappa shape index (κ2) is 5.16. The normalized spacial score (nSPS) is 11.3. The van der Waals surface area contributed by atoms with Gasteiger partial charge in [-0.1, -0.05) is 0 Å². The van der Waals surface area contributed by atoms with Gasteiger partial charge in [0.05, 0.1) is 18.9 Å². The Morgan fingerprint density at radius 1 is 1.44 bits per heavy atom. The zero-order valence-electron chi connectivity index (χ0n) is 10.4. The summed E-state index contributed by atoms with van der Waals surface area (Å²) in [6, 6.07) is 3.77. The van der Waals surface area contributed by atoms with Gasteiger partial charge in [0.1, 0.15) is 11.6 Å². The molecule has 0 spiro atoms. The summed E-state index contributed by atoms with van der Waals surface area (Å²) in [4.78, 5) is 6.32. The van der Waals surface area contributed by atoms with Gasteiger partial charge in [-0.25, -0.2) is 4.98 Å². The standard InChI is InChI=1S/C12H20N2O2/c1-5-14(9-12(2,3)15)11-7-6-10(16-4)8-13-11/h6-8,15H,5,9H2,1-4H3. The van der Waals surface area contributed by atoms with Crippen molar-refractivity contribution in [1.29, 1.82) is 0 Å². The van der Waals surface area contributed by atoms with Crippen LogP contribution in [0.15, 0.2) is 18.3 Å². The number of hydrogen-bond acceptors (Lipinski definition) is 4. The van der Waals surface area contributed by atoms with Crippen molar-refractivity contribution in [3.63, 3.8) is 0 Å². The van der Waals surface area contributed by atoms with Crippen LogP contribution in [0.1, 0.15) is 20.8 Å². The van der Waals surface area contributed by atoms with Gasteiger partial charge in [-0.15, -0.1) is 0 Å². The van der Waals surface area contributed by atoms with E-state index in [1.807, 2.05) is 24.0 Å².